The summed E-state index contributed by atoms with van der Waals surface area (Å²) in [6, 6.07) is 3.07. The average molecular weight is 339 g/mol. The number of rotatable bonds is 6. The van der Waals surface area contributed by atoms with Crippen molar-refractivity contribution in [2.45, 2.75) is 25.3 Å². The lowest BCUT2D eigenvalue weighted by molar-refractivity contribution is 0.417. The van der Waals surface area contributed by atoms with Gasteiger partial charge in [0.15, 0.2) is 0 Å². The van der Waals surface area contributed by atoms with E-state index in [1.54, 1.807) is 20.2 Å². The summed E-state index contributed by atoms with van der Waals surface area (Å²) in [4.78, 5) is 0.0556. The van der Waals surface area contributed by atoms with E-state index in [1.165, 1.54) is 10.4 Å². The molecule has 20 heavy (non-hydrogen) atoms. The fourth-order valence-electron chi connectivity index (χ4n) is 1.91. The first-order valence-corrected chi connectivity index (χ1v) is 8.48. The van der Waals surface area contributed by atoms with Crippen LogP contribution in [0.25, 0.3) is 0 Å². The second kappa shape index (κ2) is 7.09. The second-order valence-electron chi connectivity index (χ2n) is 5.09. The summed E-state index contributed by atoms with van der Waals surface area (Å²) in [6.45, 7) is 4.79. The van der Waals surface area contributed by atoms with Crippen LogP contribution in [0.4, 0.5) is 0 Å². The monoisotopic (exact) mass is 338 g/mol. The molecule has 1 N–H and O–H groups in total. The largest absolute Gasteiger partial charge is 0.316 e. The minimum atomic E-state index is -3.64. The number of hydrogen-bond acceptors (Lipinski definition) is 3. The molecule has 1 rings (SSSR count). The maximum Gasteiger partial charge on any atom is 0.244 e. The van der Waals surface area contributed by atoms with Gasteiger partial charge in [0.25, 0.3) is 0 Å². The van der Waals surface area contributed by atoms with E-state index in [2.05, 4.69) is 5.32 Å². The summed E-state index contributed by atoms with van der Waals surface area (Å²) in [7, 11) is -0.333. The van der Waals surface area contributed by atoms with Gasteiger partial charge in [0.05, 0.1) is 5.02 Å². The van der Waals surface area contributed by atoms with Gasteiger partial charge in [-0.1, -0.05) is 37.0 Å². The van der Waals surface area contributed by atoms with E-state index in [0.717, 1.165) is 0 Å². The highest BCUT2D eigenvalue weighted by molar-refractivity contribution is 7.89. The topological polar surface area (TPSA) is 49.4 Å². The van der Waals surface area contributed by atoms with E-state index in [9.17, 15) is 8.42 Å². The zero-order chi connectivity index (χ0) is 15.5. The first-order chi connectivity index (χ1) is 9.20. The molecule has 0 amide bonds. The van der Waals surface area contributed by atoms with Crippen molar-refractivity contribution in [3.8, 4) is 0 Å². The number of benzene rings is 1. The van der Waals surface area contributed by atoms with E-state index in [0.29, 0.717) is 23.7 Å². The molecule has 7 heteroatoms. The van der Waals surface area contributed by atoms with E-state index >= 15 is 0 Å². The molecular formula is C13H20Cl2N2O2S. The normalized spacial score (nSPS) is 12.4. The summed E-state index contributed by atoms with van der Waals surface area (Å²) in [5.74, 6) is 0.226. The molecule has 1 aromatic rings. The lowest BCUT2D eigenvalue weighted by Gasteiger charge is -2.21. The molecule has 0 aliphatic heterocycles. The van der Waals surface area contributed by atoms with Crippen molar-refractivity contribution in [2.24, 2.45) is 5.92 Å². The predicted molar refractivity (Wildman–Crippen MR) is 83.9 cm³/mol. The Kier molecular flexibility index (Phi) is 6.28. The van der Waals surface area contributed by atoms with Crippen molar-refractivity contribution in [2.75, 3.05) is 20.6 Å². The minimum Gasteiger partial charge on any atom is -0.316 e. The van der Waals surface area contributed by atoms with Gasteiger partial charge >= 0.3 is 0 Å². The molecule has 0 saturated carbocycles. The van der Waals surface area contributed by atoms with Crippen molar-refractivity contribution in [3.05, 3.63) is 27.7 Å². The van der Waals surface area contributed by atoms with Gasteiger partial charge in [0.2, 0.25) is 10.0 Å². The Hall–Kier alpha value is -0.330. The van der Waals surface area contributed by atoms with E-state index in [4.69, 9.17) is 23.2 Å². The van der Waals surface area contributed by atoms with Crippen LogP contribution >= 0.6 is 23.2 Å². The number of nitrogens with zero attached hydrogens (tertiary/aromatic N) is 1. The minimum absolute atomic E-state index is 0.0556. The third-order valence-corrected chi connectivity index (χ3v) is 5.38. The number of sulfonamides is 1. The third-order valence-electron chi connectivity index (χ3n) is 2.76. The van der Waals surface area contributed by atoms with Gasteiger partial charge in [0, 0.05) is 25.2 Å². The van der Waals surface area contributed by atoms with E-state index in [1.807, 2.05) is 13.8 Å². The molecule has 114 valence electrons. The van der Waals surface area contributed by atoms with Gasteiger partial charge in [0.1, 0.15) is 4.90 Å². The summed E-state index contributed by atoms with van der Waals surface area (Å²) in [5.41, 5.74) is 0.665. The van der Waals surface area contributed by atoms with Crippen molar-refractivity contribution in [3.63, 3.8) is 0 Å². The molecule has 0 fully saturated rings. The first kappa shape index (κ1) is 17.7. The van der Waals surface area contributed by atoms with Gasteiger partial charge < -0.3 is 5.32 Å². The fraction of sp³-hybridized carbons (Fsp3) is 0.538. The van der Waals surface area contributed by atoms with Crippen LogP contribution in [0, 0.1) is 5.92 Å². The van der Waals surface area contributed by atoms with E-state index < -0.39 is 10.0 Å². The van der Waals surface area contributed by atoms with Crippen molar-refractivity contribution in [1.29, 1.82) is 0 Å². The molecule has 0 saturated heterocycles. The maximum absolute atomic E-state index is 12.6. The zero-order valence-electron chi connectivity index (χ0n) is 12.1. The SMILES string of the molecule is CNCc1cc(Cl)cc(S(=O)(=O)N(C)CC(C)C)c1Cl. The Morgan fingerprint density at radius 3 is 2.40 bits per heavy atom. The molecule has 1 aromatic carbocycles. The standard InChI is InChI=1S/C13H20Cl2N2O2S/c1-9(2)8-17(4)20(18,19)12-6-11(14)5-10(7-16-3)13(12)15/h5-6,9,16H,7-8H2,1-4H3. The molecule has 0 bridgehead atoms. The molecule has 0 spiro atoms. The maximum atomic E-state index is 12.6. The lowest BCUT2D eigenvalue weighted by Crippen LogP contribution is -2.30. The number of halogens is 2. The van der Waals surface area contributed by atoms with Crippen LogP contribution < -0.4 is 5.32 Å². The average Bonchev–Trinajstić information content (AvgIpc) is 2.32. The Labute approximate surface area is 131 Å². The van der Waals surface area contributed by atoms with Crippen LogP contribution in [-0.4, -0.2) is 33.4 Å². The molecule has 0 aliphatic rings. The predicted octanol–water partition coefficient (Wildman–Crippen LogP) is 2.99. The molecule has 0 unspecified atom stereocenters. The fourth-order valence-corrected chi connectivity index (χ4v) is 4.14. The summed E-state index contributed by atoms with van der Waals surface area (Å²) < 4.78 is 26.4. The van der Waals surface area contributed by atoms with Crippen molar-refractivity contribution >= 4 is 33.2 Å². The lowest BCUT2D eigenvalue weighted by atomic mass is 10.2. The second-order valence-corrected chi connectivity index (χ2v) is 7.91. The number of hydrogen-bond donors (Lipinski definition) is 1. The van der Waals surface area contributed by atoms with Crippen LogP contribution in [0.2, 0.25) is 10.0 Å². The van der Waals surface area contributed by atoms with Crippen molar-refractivity contribution in [1.82, 2.24) is 9.62 Å². The molecule has 4 nitrogen and oxygen atoms in total. The van der Waals surface area contributed by atoms with Gasteiger partial charge in [-0.25, -0.2) is 12.7 Å². The Morgan fingerprint density at radius 1 is 1.30 bits per heavy atom. The van der Waals surface area contributed by atoms with Crippen molar-refractivity contribution < 1.29 is 8.42 Å². The highest BCUT2D eigenvalue weighted by atomic mass is 35.5. The Morgan fingerprint density at radius 2 is 1.90 bits per heavy atom. The molecule has 0 heterocycles. The summed E-state index contributed by atoms with van der Waals surface area (Å²) in [6.07, 6.45) is 0. The van der Waals surface area contributed by atoms with Crippen LogP contribution in [0.15, 0.2) is 17.0 Å². The molecule has 0 radical (unpaired) electrons. The zero-order valence-corrected chi connectivity index (χ0v) is 14.4. The quantitative estimate of drug-likeness (QED) is 0.867. The van der Waals surface area contributed by atoms with Gasteiger partial charge in [-0.3, -0.25) is 0 Å². The highest BCUT2D eigenvalue weighted by Gasteiger charge is 2.26. The molecule has 0 aliphatic carbocycles. The smallest absolute Gasteiger partial charge is 0.244 e. The summed E-state index contributed by atoms with van der Waals surface area (Å²) in [5, 5.41) is 3.52. The van der Waals surface area contributed by atoms with Crippen LogP contribution in [-0.2, 0) is 16.6 Å². The molecule has 0 atom stereocenters. The number of nitrogens with one attached hydrogen (secondary N) is 1. The summed E-state index contributed by atoms with van der Waals surface area (Å²) >= 11 is 12.2. The first-order valence-electron chi connectivity index (χ1n) is 6.29. The third kappa shape index (κ3) is 4.09. The molecular weight excluding hydrogens is 319 g/mol. The Balaban J connectivity index is 3.31. The van der Waals surface area contributed by atoms with Gasteiger partial charge in [-0.05, 0) is 30.7 Å². The van der Waals surface area contributed by atoms with Gasteiger partial charge in [-0.2, -0.15) is 0 Å². The van der Waals surface area contributed by atoms with Gasteiger partial charge in [-0.15, -0.1) is 0 Å². The van der Waals surface area contributed by atoms with E-state index in [-0.39, 0.29) is 15.8 Å². The highest BCUT2D eigenvalue weighted by Crippen LogP contribution is 2.31. The Bertz CT molecular complexity index is 574. The molecule has 0 aromatic heterocycles. The van der Waals surface area contributed by atoms with Crippen LogP contribution in [0.3, 0.4) is 0 Å². The van der Waals surface area contributed by atoms with Crippen LogP contribution in [0.5, 0.6) is 0 Å². The van der Waals surface area contributed by atoms with Crippen LogP contribution in [0.1, 0.15) is 19.4 Å².